The number of aliphatic hydroxyl groups is 1. The molecule has 0 aliphatic rings. The summed E-state index contributed by atoms with van der Waals surface area (Å²) < 4.78 is 0. The van der Waals surface area contributed by atoms with Gasteiger partial charge < -0.3 is 10.8 Å². The largest absolute Gasteiger partial charge is 0.389 e. The molecule has 1 atom stereocenters. The molecule has 3 N–H and O–H groups in total. The van der Waals surface area contributed by atoms with Crippen LogP contribution in [0.2, 0.25) is 0 Å². The fraction of sp³-hybridized carbons (Fsp3) is 0.286. The van der Waals surface area contributed by atoms with Gasteiger partial charge in [0.15, 0.2) is 0 Å². The average Bonchev–Trinajstić information content (AvgIpc) is 1.88. The zero-order chi connectivity index (χ0) is 7.56. The molecule has 0 aromatic carbocycles. The van der Waals surface area contributed by atoms with Crippen molar-refractivity contribution >= 4 is 22.8 Å². The van der Waals surface area contributed by atoms with E-state index in [0.717, 1.165) is 5.56 Å². The summed E-state index contributed by atoms with van der Waals surface area (Å²) in [5, 5.41) is 9.03. The molecule has 0 aliphatic carbocycles. The number of hydrogen-bond donors (Lipinski definition) is 2. The Labute approximate surface area is 76.0 Å². The van der Waals surface area contributed by atoms with Crippen molar-refractivity contribution < 1.29 is 5.11 Å². The van der Waals surface area contributed by atoms with Gasteiger partial charge in [-0.15, -0.1) is 17.0 Å². The van der Waals surface area contributed by atoms with E-state index in [1.165, 1.54) is 0 Å². The number of anilines is 1. The molecule has 62 valence electrons. The Morgan fingerprint density at radius 3 is 2.55 bits per heavy atom. The molecule has 0 aliphatic heterocycles. The molecule has 1 aromatic heterocycles. The molecule has 1 unspecified atom stereocenters. The summed E-state index contributed by atoms with van der Waals surface area (Å²) in [4.78, 5) is 3.82. The van der Waals surface area contributed by atoms with Crippen molar-refractivity contribution in [1.82, 2.24) is 4.98 Å². The van der Waals surface area contributed by atoms with Crippen molar-refractivity contribution in [1.29, 1.82) is 0 Å². The highest BCUT2D eigenvalue weighted by atomic mass is 79.9. The second-order valence-electron chi connectivity index (χ2n) is 2.19. The van der Waals surface area contributed by atoms with E-state index in [-0.39, 0.29) is 17.0 Å². The van der Waals surface area contributed by atoms with Crippen LogP contribution in [-0.2, 0) is 0 Å². The van der Waals surface area contributed by atoms with Gasteiger partial charge in [-0.2, -0.15) is 0 Å². The molecule has 1 rings (SSSR count). The number of nitrogens with zero attached hydrogens (tertiary/aromatic N) is 1. The van der Waals surface area contributed by atoms with Gasteiger partial charge in [-0.05, 0) is 18.6 Å². The molecule has 3 nitrogen and oxygen atoms in total. The Morgan fingerprint density at radius 2 is 2.18 bits per heavy atom. The van der Waals surface area contributed by atoms with E-state index >= 15 is 0 Å². The first-order chi connectivity index (χ1) is 4.70. The minimum atomic E-state index is -0.465. The van der Waals surface area contributed by atoms with Crippen molar-refractivity contribution in [3.05, 3.63) is 23.9 Å². The summed E-state index contributed by atoms with van der Waals surface area (Å²) in [6, 6.07) is 3.43. The van der Waals surface area contributed by atoms with Crippen LogP contribution in [0.4, 0.5) is 5.82 Å². The Hall–Kier alpha value is -0.610. The van der Waals surface area contributed by atoms with Gasteiger partial charge in [-0.25, -0.2) is 4.98 Å². The summed E-state index contributed by atoms with van der Waals surface area (Å²) in [7, 11) is 0. The number of aromatic nitrogens is 1. The summed E-state index contributed by atoms with van der Waals surface area (Å²) in [5.41, 5.74) is 6.12. The smallest absolute Gasteiger partial charge is 0.123 e. The molecule has 0 spiro atoms. The lowest BCUT2D eigenvalue weighted by Crippen LogP contribution is -1.94. The fourth-order valence-electron chi connectivity index (χ4n) is 0.664. The maximum atomic E-state index is 9.03. The number of rotatable bonds is 1. The lowest BCUT2D eigenvalue weighted by atomic mass is 10.2. The van der Waals surface area contributed by atoms with Crippen LogP contribution < -0.4 is 5.73 Å². The van der Waals surface area contributed by atoms with E-state index in [2.05, 4.69) is 4.98 Å². The van der Waals surface area contributed by atoms with E-state index in [0.29, 0.717) is 5.82 Å². The van der Waals surface area contributed by atoms with Gasteiger partial charge in [0.1, 0.15) is 5.82 Å². The van der Waals surface area contributed by atoms with Crippen LogP contribution in [0.3, 0.4) is 0 Å². The lowest BCUT2D eigenvalue weighted by molar-refractivity contribution is 0.199. The Kier molecular flexibility index (Phi) is 4.07. The summed E-state index contributed by atoms with van der Waals surface area (Å²) in [6.07, 6.45) is 1.10. The molecule has 0 saturated carbocycles. The van der Waals surface area contributed by atoms with E-state index in [4.69, 9.17) is 10.8 Å². The minimum Gasteiger partial charge on any atom is -0.389 e. The van der Waals surface area contributed by atoms with Gasteiger partial charge in [0.25, 0.3) is 0 Å². The lowest BCUT2D eigenvalue weighted by Gasteiger charge is -2.02. The number of aliphatic hydroxyl groups excluding tert-OH is 1. The van der Waals surface area contributed by atoms with E-state index in [1.807, 2.05) is 0 Å². The standard InChI is InChI=1S/C7H10N2O.BrH/c1-5(10)6-2-3-7(8)9-4-6;/h2-5,10H,1H3,(H2,8,9);1H. The highest BCUT2D eigenvalue weighted by Gasteiger charge is 1.98. The average molecular weight is 219 g/mol. The van der Waals surface area contributed by atoms with Crippen LogP contribution in [0.5, 0.6) is 0 Å². The highest BCUT2D eigenvalue weighted by Crippen LogP contribution is 2.10. The molecule has 11 heavy (non-hydrogen) atoms. The van der Waals surface area contributed by atoms with Crippen LogP contribution in [0.15, 0.2) is 18.3 Å². The second-order valence-corrected chi connectivity index (χ2v) is 2.19. The molecular formula is C7H11BrN2O. The second kappa shape index (κ2) is 4.31. The predicted octanol–water partition coefficient (Wildman–Crippen LogP) is 1.29. The van der Waals surface area contributed by atoms with Crippen LogP contribution in [-0.4, -0.2) is 10.1 Å². The van der Waals surface area contributed by atoms with Gasteiger partial charge in [0.2, 0.25) is 0 Å². The number of nitrogen functional groups attached to an aromatic ring is 1. The highest BCUT2D eigenvalue weighted by molar-refractivity contribution is 8.93. The molecule has 0 bridgehead atoms. The molecule has 0 radical (unpaired) electrons. The number of pyridine rings is 1. The zero-order valence-electron chi connectivity index (χ0n) is 6.19. The van der Waals surface area contributed by atoms with Crippen molar-refractivity contribution in [3.8, 4) is 0 Å². The van der Waals surface area contributed by atoms with Crippen LogP contribution >= 0.6 is 17.0 Å². The van der Waals surface area contributed by atoms with E-state index in [1.54, 1.807) is 25.3 Å². The van der Waals surface area contributed by atoms with Crippen molar-refractivity contribution in [3.63, 3.8) is 0 Å². The Balaban J connectivity index is 0.000001000. The SMILES string of the molecule is Br.CC(O)c1ccc(N)nc1. The molecule has 1 aromatic rings. The van der Waals surface area contributed by atoms with Crippen LogP contribution in [0.25, 0.3) is 0 Å². The zero-order valence-corrected chi connectivity index (χ0v) is 7.90. The third-order valence-electron chi connectivity index (χ3n) is 1.29. The van der Waals surface area contributed by atoms with E-state index in [9.17, 15) is 0 Å². The first-order valence-corrected chi connectivity index (χ1v) is 3.09. The molecule has 0 fully saturated rings. The van der Waals surface area contributed by atoms with E-state index < -0.39 is 6.10 Å². The fourth-order valence-corrected chi connectivity index (χ4v) is 0.664. The number of halogens is 1. The number of hydrogen-bond acceptors (Lipinski definition) is 3. The third-order valence-corrected chi connectivity index (χ3v) is 1.29. The Bertz CT molecular complexity index is 210. The van der Waals surface area contributed by atoms with Gasteiger partial charge in [-0.1, -0.05) is 6.07 Å². The van der Waals surface area contributed by atoms with Crippen LogP contribution in [0.1, 0.15) is 18.6 Å². The summed E-state index contributed by atoms with van der Waals surface area (Å²) >= 11 is 0. The minimum absolute atomic E-state index is 0. The maximum Gasteiger partial charge on any atom is 0.123 e. The predicted molar refractivity (Wildman–Crippen MR) is 49.6 cm³/mol. The number of nitrogens with two attached hydrogens (primary N) is 1. The molecule has 4 heteroatoms. The normalized spacial score (nSPS) is 11.8. The molecule has 0 amide bonds. The van der Waals surface area contributed by atoms with Gasteiger partial charge >= 0.3 is 0 Å². The van der Waals surface area contributed by atoms with Gasteiger partial charge in [0, 0.05) is 6.20 Å². The topological polar surface area (TPSA) is 59.1 Å². The molecular weight excluding hydrogens is 208 g/mol. The molecule has 0 saturated heterocycles. The van der Waals surface area contributed by atoms with Crippen molar-refractivity contribution in [2.45, 2.75) is 13.0 Å². The quantitative estimate of drug-likeness (QED) is 0.748. The summed E-state index contributed by atoms with van der Waals surface area (Å²) in [5.74, 6) is 0.476. The van der Waals surface area contributed by atoms with Gasteiger partial charge in [0.05, 0.1) is 6.10 Å². The van der Waals surface area contributed by atoms with Crippen molar-refractivity contribution in [2.24, 2.45) is 0 Å². The molecule has 1 heterocycles. The maximum absolute atomic E-state index is 9.03. The van der Waals surface area contributed by atoms with Gasteiger partial charge in [-0.3, -0.25) is 0 Å². The summed E-state index contributed by atoms with van der Waals surface area (Å²) in [6.45, 7) is 1.69. The van der Waals surface area contributed by atoms with Crippen molar-refractivity contribution in [2.75, 3.05) is 5.73 Å². The monoisotopic (exact) mass is 218 g/mol. The van der Waals surface area contributed by atoms with Crippen LogP contribution in [0, 0.1) is 0 Å². The first-order valence-electron chi connectivity index (χ1n) is 3.09. The Morgan fingerprint density at radius 1 is 1.55 bits per heavy atom. The first kappa shape index (κ1) is 10.4. The third kappa shape index (κ3) is 2.86.